The van der Waals surface area contributed by atoms with Crippen molar-refractivity contribution in [2.45, 2.75) is 38.8 Å². The van der Waals surface area contributed by atoms with Gasteiger partial charge in [0.2, 0.25) is 5.91 Å². The van der Waals surface area contributed by atoms with Crippen molar-refractivity contribution in [2.75, 3.05) is 13.2 Å². The van der Waals surface area contributed by atoms with Gasteiger partial charge in [0.05, 0.1) is 12.6 Å². The molecule has 0 bridgehead atoms. The third kappa shape index (κ3) is 2.69. The second kappa shape index (κ2) is 5.32. The maximum absolute atomic E-state index is 11.6. The molecule has 0 saturated carbocycles. The van der Waals surface area contributed by atoms with Crippen LogP contribution < -0.4 is 5.32 Å². The minimum Gasteiger partial charge on any atom is -0.394 e. The molecular weight excluding hydrogens is 182 g/mol. The Morgan fingerprint density at radius 2 is 2.43 bits per heavy atom. The van der Waals surface area contributed by atoms with Crippen LogP contribution in [0.4, 0.5) is 0 Å². The van der Waals surface area contributed by atoms with Gasteiger partial charge in [0.25, 0.3) is 0 Å². The van der Waals surface area contributed by atoms with Crippen molar-refractivity contribution in [2.24, 2.45) is 5.92 Å². The molecule has 0 aromatic carbocycles. The fraction of sp³-hybridized carbons (Fsp3) is 0.900. The van der Waals surface area contributed by atoms with Gasteiger partial charge in [-0.25, -0.2) is 0 Å². The molecule has 0 radical (unpaired) electrons. The fourth-order valence-electron chi connectivity index (χ4n) is 1.59. The third-order valence-corrected chi connectivity index (χ3v) is 2.71. The first-order chi connectivity index (χ1) is 6.69. The van der Waals surface area contributed by atoms with Crippen LogP contribution >= 0.6 is 0 Å². The van der Waals surface area contributed by atoms with E-state index < -0.39 is 0 Å². The highest BCUT2D eigenvalue weighted by molar-refractivity contribution is 5.81. The van der Waals surface area contributed by atoms with Crippen LogP contribution in [0.15, 0.2) is 0 Å². The topological polar surface area (TPSA) is 58.6 Å². The number of ether oxygens (including phenoxy) is 1. The monoisotopic (exact) mass is 201 g/mol. The molecule has 0 spiro atoms. The summed E-state index contributed by atoms with van der Waals surface area (Å²) in [6.07, 6.45) is 1.35. The molecule has 0 aliphatic carbocycles. The van der Waals surface area contributed by atoms with Crippen LogP contribution in [0, 0.1) is 5.92 Å². The largest absolute Gasteiger partial charge is 0.394 e. The molecule has 1 amide bonds. The second-order valence-corrected chi connectivity index (χ2v) is 3.85. The van der Waals surface area contributed by atoms with Crippen LogP contribution in [0.2, 0.25) is 0 Å². The summed E-state index contributed by atoms with van der Waals surface area (Å²) in [4.78, 5) is 11.6. The zero-order valence-corrected chi connectivity index (χ0v) is 8.82. The zero-order valence-electron chi connectivity index (χ0n) is 8.82. The molecule has 4 heteroatoms. The SMILES string of the molecule is CCC(CO)NC(=O)C1OCCC1C. The summed E-state index contributed by atoms with van der Waals surface area (Å²) in [7, 11) is 0. The molecule has 0 aromatic heterocycles. The van der Waals surface area contributed by atoms with Gasteiger partial charge in [-0.3, -0.25) is 4.79 Å². The Labute approximate surface area is 84.6 Å². The first kappa shape index (κ1) is 11.5. The molecule has 14 heavy (non-hydrogen) atoms. The van der Waals surface area contributed by atoms with Crippen LogP contribution in [0.1, 0.15) is 26.7 Å². The van der Waals surface area contributed by atoms with Crippen molar-refractivity contribution < 1.29 is 14.6 Å². The predicted octanol–water partition coefficient (Wildman–Crippen LogP) is 0.298. The van der Waals surface area contributed by atoms with Crippen molar-refractivity contribution in [3.8, 4) is 0 Å². The minimum atomic E-state index is -0.324. The van der Waals surface area contributed by atoms with E-state index >= 15 is 0 Å². The molecule has 2 N–H and O–H groups in total. The van der Waals surface area contributed by atoms with Gasteiger partial charge < -0.3 is 15.2 Å². The number of carbonyl (C=O) groups is 1. The summed E-state index contributed by atoms with van der Waals surface area (Å²) in [6, 6.07) is -0.140. The van der Waals surface area contributed by atoms with Gasteiger partial charge in [0, 0.05) is 6.61 Å². The van der Waals surface area contributed by atoms with Gasteiger partial charge in [-0.1, -0.05) is 13.8 Å². The predicted molar refractivity (Wildman–Crippen MR) is 52.8 cm³/mol. The molecular formula is C10H19NO3. The Hall–Kier alpha value is -0.610. The van der Waals surface area contributed by atoms with Gasteiger partial charge in [-0.05, 0) is 18.8 Å². The number of amides is 1. The lowest BCUT2D eigenvalue weighted by atomic mass is 10.0. The highest BCUT2D eigenvalue weighted by Crippen LogP contribution is 2.20. The average Bonchev–Trinajstić information content (AvgIpc) is 2.60. The number of aliphatic hydroxyl groups excluding tert-OH is 1. The van der Waals surface area contributed by atoms with E-state index in [9.17, 15) is 4.79 Å². The Bertz CT molecular complexity index is 192. The highest BCUT2D eigenvalue weighted by atomic mass is 16.5. The number of hydrogen-bond acceptors (Lipinski definition) is 3. The summed E-state index contributed by atoms with van der Waals surface area (Å²) < 4.78 is 5.32. The number of carbonyl (C=O) groups excluding carboxylic acids is 1. The van der Waals surface area contributed by atoms with Gasteiger partial charge in [-0.2, -0.15) is 0 Å². The maximum Gasteiger partial charge on any atom is 0.249 e. The molecule has 3 unspecified atom stereocenters. The van der Waals surface area contributed by atoms with Crippen LogP contribution in [0.25, 0.3) is 0 Å². The zero-order chi connectivity index (χ0) is 10.6. The van der Waals surface area contributed by atoms with Crippen molar-refractivity contribution in [3.05, 3.63) is 0 Å². The minimum absolute atomic E-state index is 0.0106. The Morgan fingerprint density at radius 1 is 1.71 bits per heavy atom. The first-order valence-electron chi connectivity index (χ1n) is 5.21. The number of aliphatic hydroxyl groups is 1. The Morgan fingerprint density at radius 3 is 2.86 bits per heavy atom. The van der Waals surface area contributed by atoms with Crippen LogP contribution in [-0.4, -0.2) is 36.4 Å². The maximum atomic E-state index is 11.6. The summed E-state index contributed by atoms with van der Waals surface area (Å²) in [6.45, 7) is 4.59. The Balaban J connectivity index is 2.40. The molecule has 4 nitrogen and oxygen atoms in total. The van der Waals surface area contributed by atoms with Crippen LogP contribution in [-0.2, 0) is 9.53 Å². The van der Waals surface area contributed by atoms with Crippen molar-refractivity contribution >= 4 is 5.91 Å². The van der Waals surface area contributed by atoms with Gasteiger partial charge >= 0.3 is 0 Å². The van der Waals surface area contributed by atoms with Crippen LogP contribution in [0.5, 0.6) is 0 Å². The number of nitrogens with one attached hydrogen (secondary N) is 1. The molecule has 1 fully saturated rings. The van der Waals surface area contributed by atoms with E-state index in [1.165, 1.54) is 0 Å². The van der Waals surface area contributed by atoms with E-state index in [-0.39, 0.29) is 30.6 Å². The number of rotatable bonds is 4. The van der Waals surface area contributed by atoms with E-state index in [1.54, 1.807) is 0 Å². The van der Waals surface area contributed by atoms with Gasteiger partial charge in [0.15, 0.2) is 0 Å². The normalized spacial score (nSPS) is 28.8. The lowest BCUT2D eigenvalue weighted by Gasteiger charge is -2.19. The quantitative estimate of drug-likeness (QED) is 0.687. The van der Waals surface area contributed by atoms with E-state index in [2.05, 4.69) is 5.32 Å². The summed E-state index contributed by atoms with van der Waals surface area (Å²) in [5.74, 6) is 0.196. The third-order valence-electron chi connectivity index (χ3n) is 2.71. The van der Waals surface area contributed by atoms with Crippen molar-refractivity contribution in [1.82, 2.24) is 5.32 Å². The molecule has 1 rings (SSSR count). The van der Waals surface area contributed by atoms with E-state index in [0.717, 1.165) is 12.8 Å². The average molecular weight is 201 g/mol. The van der Waals surface area contributed by atoms with E-state index in [4.69, 9.17) is 9.84 Å². The Kier molecular flexibility index (Phi) is 4.35. The molecule has 1 heterocycles. The lowest BCUT2D eigenvalue weighted by Crippen LogP contribution is -2.44. The smallest absolute Gasteiger partial charge is 0.249 e. The van der Waals surface area contributed by atoms with E-state index in [0.29, 0.717) is 6.61 Å². The first-order valence-corrected chi connectivity index (χ1v) is 5.21. The molecule has 82 valence electrons. The van der Waals surface area contributed by atoms with E-state index in [1.807, 2.05) is 13.8 Å². The number of hydrogen-bond donors (Lipinski definition) is 2. The summed E-state index contributed by atoms with van der Waals surface area (Å²) >= 11 is 0. The standard InChI is InChI=1S/C10H19NO3/c1-3-8(6-12)11-10(13)9-7(2)4-5-14-9/h7-9,12H,3-6H2,1-2H3,(H,11,13). The van der Waals surface area contributed by atoms with Gasteiger partial charge in [-0.15, -0.1) is 0 Å². The van der Waals surface area contributed by atoms with Gasteiger partial charge in [0.1, 0.15) is 6.10 Å². The molecule has 1 aliphatic heterocycles. The second-order valence-electron chi connectivity index (χ2n) is 3.85. The van der Waals surface area contributed by atoms with Crippen molar-refractivity contribution in [3.63, 3.8) is 0 Å². The summed E-state index contributed by atoms with van der Waals surface area (Å²) in [5.41, 5.74) is 0. The lowest BCUT2D eigenvalue weighted by molar-refractivity contribution is -0.132. The summed E-state index contributed by atoms with van der Waals surface area (Å²) in [5, 5.41) is 11.7. The molecule has 3 atom stereocenters. The highest BCUT2D eigenvalue weighted by Gasteiger charge is 2.31. The van der Waals surface area contributed by atoms with Crippen LogP contribution in [0.3, 0.4) is 0 Å². The molecule has 0 aromatic rings. The molecule has 1 saturated heterocycles. The fourth-order valence-corrected chi connectivity index (χ4v) is 1.59. The van der Waals surface area contributed by atoms with Crippen molar-refractivity contribution in [1.29, 1.82) is 0 Å². The molecule has 1 aliphatic rings.